The molecule has 0 fully saturated rings. The molecule has 0 aromatic heterocycles. The fraction of sp³-hybridized carbons (Fsp3) is 0.158. The Morgan fingerprint density at radius 3 is 2.10 bits per heavy atom. The fourth-order valence-electron chi connectivity index (χ4n) is 2.40. The number of hydrogen-bond donors (Lipinski definition) is 0. The van der Waals surface area contributed by atoms with Crippen LogP contribution in [0.2, 0.25) is 19.1 Å². The van der Waals surface area contributed by atoms with E-state index in [2.05, 4.69) is 86.4 Å². The minimum atomic E-state index is -1.43. The molecule has 2 aromatic rings. The van der Waals surface area contributed by atoms with Gasteiger partial charge in [0.15, 0.2) is 0 Å². The minimum absolute atomic E-state index is 1.10. The van der Waals surface area contributed by atoms with Gasteiger partial charge in [-0.2, -0.15) is 0 Å². The maximum Gasteiger partial charge on any atom is 0.0849 e. The lowest BCUT2D eigenvalue weighted by Crippen LogP contribution is -2.41. The number of benzene rings is 2. The molecule has 20 heavy (non-hydrogen) atoms. The van der Waals surface area contributed by atoms with Crippen LogP contribution in [0, 0.1) is 0 Å². The zero-order chi connectivity index (χ0) is 14.4. The van der Waals surface area contributed by atoms with E-state index < -0.39 is 8.07 Å². The van der Waals surface area contributed by atoms with Crippen LogP contribution in [0.15, 0.2) is 78.9 Å². The highest BCUT2D eigenvalue weighted by molar-refractivity contribution is 6.90. The van der Waals surface area contributed by atoms with Gasteiger partial charge in [0.1, 0.15) is 0 Å². The first-order valence-electron chi connectivity index (χ1n) is 7.04. The lowest BCUT2D eigenvalue weighted by Gasteiger charge is -2.23. The van der Waals surface area contributed by atoms with Crippen LogP contribution in [0.3, 0.4) is 0 Å². The van der Waals surface area contributed by atoms with Crippen LogP contribution in [-0.2, 0) is 0 Å². The maximum atomic E-state index is 4.23. The van der Waals surface area contributed by atoms with E-state index in [0.717, 1.165) is 6.04 Å². The Morgan fingerprint density at radius 1 is 0.950 bits per heavy atom. The molecule has 0 atom stereocenters. The normalized spacial score (nSPS) is 11.7. The Hall–Kier alpha value is -1.86. The molecule has 0 N–H and O–H groups in total. The molecular weight excluding hydrogens is 256 g/mol. The molecule has 0 saturated heterocycles. The standard InChI is InChI=1S/C19H22Si/c1-17(14-15-18-10-6-4-7-11-18)16-20(2,3)19-12-8-5-9-13-19/h4-15H,1,16H2,2-3H3/b15-14+. The molecule has 0 radical (unpaired) electrons. The van der Waals surface area contributed by atoms with Crippen LogP contribution in [-0.4, -0.2) is 8.07 Å². The van der Waals surface area contributed by atoms with Crippen molar-refractivity contribution in [1.29, 1.82) is 0 Å². The number of hydrogen-bond acceptors (Lipinski definition) is 0. The smallest absolute Gasteiger partial charge is 0.0849 e. The van der Waals surface area contributed by atoms with Gasteiger partial charge in [-0.3, -0.25) is 0 Å². The average Bonchev–Trinajstić information content (AvgIpc) is 2.47. The maximum absolute atomic E-state index is 4.23. The predicted octanol–water partition coefficient (Wildman–Crippen LogP) is 4.87. The molecule has 0 aliphatic heterocycles. The molecule has 102 valence electrons. The highest BCUT2D eigenvalue weighted by Gasteiger charge is 2.23. The van der Waals surface area contributed by atoms with Gasteiger partial charge in [-0.15, -0.1) is 0 Å². The highest BCUT2D eigenvalue weighted by Crippen LogP contribution is 2.17. The average molecular weight is 278 g/mol. The van der Waals surface area contributed by atoms with Gasteiger partial charge < -0.3 is 0 Å². The van der Waals surface area contributed by atoms with Gasteiger partial charge in [0.05, 0.1) is 8.07 Å². The van der Waals surface area contributed by atoms with Gasteiger partial charge >= 0.3 is 0 Å². The zero-order valence-electron chi connectivity index (χ0n) is 12.3. The topological polar surface area (TPSA) is 0 Å². The van der Waals surface area contributed by atoms with Crippen LogP contribution in [0.25, 0.3) is 6.08 Å². The minimum Gasteiger partial charge on any atom is -0.0961 e. The first-order chi connectivity index (χ1) is 9.58. The van der Waals surface area contributed by atoms with E-state index in [1.165, 1.54) is 16.3 Å². The largest absolute Gasteiger partial charge is 0.0961 e. The van der Waals surface area contributed by atoms with Crippen LogP contribution >= 0.6 is 0 Å². The monoisotopic (exact) mass is 278 g/mol. The molecule has 2 aromatic carbocycles. The van der Waals surface area contributed by atoms with Crippen LogP contribution in [0.1, 0.15) is 5.56 Å². The van der Waals surface area contributed by atoms with Crippen LogP contribution in [0.4, 0.5) is 0 Å². The summed E-state index contributed by atoms with van der Waals surface area (Å²) in [6.45, 7) is 9.04. The van der Waals surface area contributed by atoms with Crippen LogP contribution < -0.4 is 5.19 Å². The van der Waals surface area contributed by atoms with Crippen molar-refractivity contribution < 1.29 is 0 Å². The summed E-state index contributed by atoms with van der Waals surface area (Å²) in [6, 6.07) is 22.3. The summed E-state index contributed by atoms with van der Waals surface area (Å²) < 4.78 is 0. The van der Waals surface area contributed by atoms with E-state index in [0.29, 0.717) is 0 Å². The van der Waals surface area contributed by atoms with Crippen molar-refractivity contribution in [3.63, 3.8) is 0 Å². The van der Waals surface area contributed by atoms with E-state index in [1.807, 2.05) is 6.07 Å². The van der Waals surface area contributed by atoms with E-state index in [9.17, 15) is 0 Å². The van der Waals surface area contributed by atoms with Crippen molar-refractivity contribution in [1.82, 2.24) is 0 Å². The van der Waals surface area contributed by atoms with Crippen molar-refractivity contribution in [2.24, 2.45) is 0 Å². The molecule has 0 aliphatic carbocycles. The summed E-state index contributed by atoms with van der Waals surface area (Å²) in [7, 11) is -1.43. The van der Waals surface area contributed by atoms with Crippen molar-refractivity contribution in [3.05, 3.63) is 84.5 Å². The van der Waals surface area contributed by atoms with Crippen molar-refractivity contribution >= 4 is 19.3 Å². The predicted molar refractivity (Wildman–Crippen MR) is 93.0 cm³/mol. The van der Waals surface area contributed by atoms with Crippen molar-refractivity contribution in [3.8, 4) is 0 Å². The second-order valence-corrected chi connectivity index (χ2v) is 10.5. The number of rotatable bonds is 5. The Morgan fingerprint density at radius 2 is 1.50 bits per heavy atom. The van der Waals surface area contributed by atoms with E-state index in [1.54, 1.807) is 0 Å². The molecule has 0 aliphatic rings. The van der Waals surface area contributed by atoms with Gasteiger partial charge in [-0.1, -0.05) is 103 Å². The molecule has 2 rings (SSSR count). The van der Waals surface area contributed by atoms with Crippen molar-refractivity contribution in [2.75, 3.05) is 0 Å². The lowest BCUT2D eigenvalue weighted by molar-refractivity contribution is 1.44. The third-order valence-electron chi connectivity index (χ3n) is 3.54. The van der Waals surface area contributed by atoms with Gasteiger partial charge in [0.2, 0.25) is 0 Å². The van der Waals surface area contributed by atoms with Crippen LogP contribution in [0.5, 0.6) is 0 Å². The van der Waals surface area contributed by atoms with Gasteiger partial charge in [-0.05, 0) is 11.6 Å². The van der Waals surface area contributed by atoms with Gasteiger partial charge in [0, 0.05) is 0 Å². The van der Waals surface area contributed by atoms with E-state index in [-0.39, 0.29) is 0 Å². The third-order valence-corrected chi connectivity index (χ3v) is 6.77. The zero-order valence-corrected chi connectivity index (χ0v) is 13.3. The first-order valence-corrected chi connectivity index (χ1v) is 10.2. The second-order valence-electron chi connectivity index (χ2n) is 5.83. The highest BCUT2D eigenvalue weighted by atomic mass is 28.3. The fourth-order valence-corrected chi connectivity index (χ4v) is 4.95. The Balaban J connectivity index is 2.03. The van der Waals surface area contributed by atoms with E-state index in [4.69, 9.17) is 0 Å². The first kappa shape index (κ1) is 14.5. The summed E-state index contributed by atoms with van der Waals surface area (Å²) in [4.78, 5) is 0. The SMILES string of the molecule is C=C(/C=C/c1ccccc1)C[Si](C)(C)c1ccccc1. The summed E-state index contributed by atoms with van der Waals surface area (Å²) in [5.74, 6) is 0. The molecule has 0 nitrogen and oxygen atoms in total. The lowest BCUT2D eigenvalue weighted by atomic mass is 10.2. The molecule has 0 spiro atoms. The molecule has 0 amide bonds. The summed E-state index contributed by atoms with van der Waals surface area (Å²) in [6.07, 6.45) is 4.31. The van der Waals surface area contributed by atoms with Gasteiger partial charge in [-0.25, -0.2) is 0 Å². The van der Waals surface area contributed by atoms with E-state index >= 15 is 0 Å². The Labute approximate surface area is 123 Å². The molecule has 1 heteroatoms. The molecular formula is C19H22Si. The summed E-state index contributed by atoms with van der Waals surface area (Å²) in [5.41, 5.74) is 2.45. The third kappa shape index (κ3) is 4.07. The summed E-state index contributed by atoms with van der Waals surface area (Å²) >= 11 is 0. The molecule has 0 saturated carbocycles. The Bertz CT molecular complexity index is 580. The Kier molecular flexibility index (Phi) is 4.75. The molecule has 0 heterocycles. The second kappa shape index (κ2) is 6.53. The molecule has 0 bridgehead atoms. The summed E-state index contributed by atoms with van der Waals surface area (Å²) in [5, 5.41) is 1.49. The number of allylic oxidation sites excluding steroid dienone is 2. The quantitative estimate of drug-likeness (QED) is 0.540. The molecule has 0 unspecified atom stereocenters. The van der Waals surface area contributed by atoms with Crippen molar-refractivity contribution in [2.45, 2.75) is 19.1 Å². The van der Waals surface area contributed by atoms with Gasteiger partial charge in [0.25, 0.3) is 0 Å².